The fourth-order valence-electron chi connectivity index (χ4n) is 2.23. The number of hydrogen-bond acceptors (Lipinski definition) is 4. The van der Waals surface area contributed by atoms with Crippen LogP contribution in [0.25, 0.3) is 0 Å². The predicted octanol–water partition coefficient (Wildman–Crippen LogP) is 2.49. The minimum atomic E-state index is -0.498. The van der Waals surface area contributed by atoms with Crippen LogP contribution < -0.4 is 0 Å². The number of rotatable bonds is 2. The molecule has 0 unspecified atom stereocenters. The number of amides is 1. The van der Waals surface area contributed by atoms with E-state index in [-0.39, 0.29) is 18.8 Å². The van der Waals surface area contributed by atoms with E-state index in [2.05, 4.69) is 0 Å². The summed E-state index contributed by atoms with van der Waals surface area (Å²) in [5.74, 6) is 0. The molecule has 0 saturated carbocycles. The van der Waals surface area contributed by atoms with E-state index < -0.39 is 5.60 Å². The maximum atomic E-state index is 12.1. The molecule has 0 aliphatic carbocycles. The van der Waals surface area contributed by atoms with Crippen LogP contribution in [-0.4, -0.2) is 41.4 Å². The molecule has 1 fully saturated rings. The number of aliphatic hydroxyl groups is 1. The van der Waals surface area contributed by atoms with Gasteiger partial charge in [-0.15, -0.1) is 0 Å². The van der Waals surface area contributed by atoms with Crippen molar-refractivity contribution in [2.75, 3.05) is 19.7 Å². The second-order valence-electron chi connectivity index (χ2n) is 6.19. The molecule has 2 rings (SSSR count). The van der Waals surface area contributed by atoms with Crippen LogP contribution in [0.4, 0.5) is 4.79 Å². The Morgan fingerprint density at radius 2 is 2.24 bits per heavy atom. The maximum absolute atomic E-state index is 12.1. The monoisotopic (exact) mass is 293 g/mol. The van der Waals surface area contributed by atoms with Gasteiger partial charge in [0.15, 0.2) is 0 Å². The van der Waals surface area contributed by atoms with Crippen LogP contribution >= 0.6 is 0 Å². The summed E-state index contributed by atoms with van der Waals surface area (Å²) in [6.07, 6.45) is -0.494. The highest BCUT2D eigenvalue weighted by Crippen LogP contribution is 2.24. The zero-order valence-electron chi connectivity index (χ0n) is 12.8. The predicted molar refractivity (Wildman–Crippen MR) is 78.9 cm³/mol. The maximum Gasteiger partial charge on any atom is 0.410 e. The van der Waals surface area contributed by atoms with Crippen molar-refractivity contribution in [3.63, 3.8) is 0 Å². The van der Waals surface area contributed by atoms with Crippen molar-refractivity contribution < 1.29 is 19.4 Å². The minimum Gasteiger partial charge on any atom is -0.444 e. The second kappa shape index (κ2) is 6.45. The number of benzene rings is 1. The van der Waals surface area contributed by atoms with Crippen molar-refractivity contribution >= 4 is 6.09 Å². The van der Waals surface area contributed by atoms with Gasteiger partial charge in [0.2, 0.25) is 0 Å². The quantitative estimate of drug-likeness (QED) is 0.910. The zero-order valence-corrected chi connectivity index (χ0v) is 12.8. The molecule has 1 aromatic carbocycles. The SMILES string of the molecule is CC(C)(C)OC(=O)N1CCO[C@H](c2cccc(CO)c2)C1. The van der Waals surface area contributed by atoms with E-state index >= 15 is 0 Å². The first-order valence-electron chi connectivity index (χ1n) is 7.18. The lowest BCUT2D eigenvalue weighted by Crippen LogP contribution is -2.44. The summed E-state index contributed by atoms with van der Waals surface area (Å²) in [6, 6.07) is 7.60. The topological polar surface area (TPSA) is 59.0 Å². The minimum absolute atomic E-state index is 0.00363. The van der Waals surface area contributed by atoms with Gasteiger partial charge in [0.05, 0.1) is 19.8 Å². The smallest absolute Gasteiger partial charge is 0.410 e. The average Bonchev–Trinajstić information content (AvgIpc) is 2.46. The molecule has 0 bridgehead atoms. The molecule has 1 saturated heterocycles. The Morgan fingerprint density at radius 3 is 2.90 bits per heavy atom. The van der Waals surface area contributed by atoms with Gasteiger partial charge in [0.25, 0.3) is 0 Å². The summed E-state index contributed by atoms with van der Waals surface area (Å²) in [6.45, 7) is 7.03. The van der Waals surface area contributed by atoms with Crippen LogP contribution in [0.3, 0.4) is 0 Å². The van der Waals surface area contributed by atoms with Gasteiger partial charge in [0.1, 0.15) is 11.7 Å². The van der Waals surface area contributed by atoms with E-state index in [0.29, 0.717) is 19.7 Å². The number of aliphatic hydroxyl groups excluding tert-OH is 1. The van der Waals surface area contributed by atoms with E-state index in [1.165, 1.54) is 0 Å². The molecule has 0 spiro atoms. The van der Waals surface area contributed by atoms with Crippen LogP contribution in [0.1, 0.15) is 38.0 Å². The first kappa shape index (κ1) is 15.8. The van der Waals surface area contributed by atoms with Crippen molar-refractivity contribution in [1.29, 1.82) is 0 Å². The summed E-state index contributed by atoms with van der Waals surface area (Å²) in [7, 11) is 0. The fraction of sp³-hybridized carbons (Fsp3) is 0.562. The van der Waals surface area contributed by atoms with E-state index in [1.54, 1.807) is 4.90 Å². The molecule has 1 N–H and O–H groups in total. The van der Waals surface area contributed by atoms with Gasteiger partial charge in [-0.25, -0.2) is 4.79 Å². The van der Waals surface area contributed by atoms with E-state index in [1.807, 2.05) is 45.0 Å². The van der Waals surface area contributed by atoms with E-state index in [4.69, 9.17) is 9.47 Å². The number of ether oxygens (including phenoxy) is 2. The van der Waals surface area contributed by atoms with Gasteiger partial charge < -0.3 is 19.5 Å². The van der Waals surface area contributed by atoms with Crippen LogP contribution in [-0.2, 0) is 16.1 Å². The number of morpholine rings is 1. The third-order valence-electron chi connectivity index (χ3n) is 3.22. The Labute approximate surface area is 125 Å². The standard InChI is InChI=1S/C16H23NO4/c1-16(2,3)21-15(19)17-7-8-20-14(10-17)13-6-4-5-12(9-13)11-18/h4-6,9,14,18H,7-8,10-11H2,1-3H3/t14-/m0/s1. The Balaban J connectivity index is 2.04. The molecule has 1 amide bonds. The van der Waals surface area contributed by atoms with Crippen LogP contribution in [0.2, 0.25) is 0 Å². The number of hydrogen-bond donors (Lipinski definition) is 1. The van der Waals surface area contributed by atoms with Gasteiger partial charge in [-0.3, -0.25) is 0 Å². The Morgan fingerprint density at radius 1 is 1.48 bits per heavy atom. The lowest BCUT2D eigenvalue weighted by atomic mass is 10.0. The first-order valence-corrected chi connectivity index (χ1v) is 7.18. The van der Waals surface area contributed by atoms with Gasteiger partial charge in [-0.1, -0.05) is 24.3 Å². The normalized spacial score (nSPS) is 19.4. The molecular weight excluding hydrogens is 270 g/mol. The summed E-state index contributed by atoms with van der Waals surface area (Å²) < 4.78 is 11.1. The highest BCUT2D eigenvalue weighted by Gasteiger charge is 2.28. The molecule has 1 heterocycles. The van der Waals surface area contributed by atoms with Crippen molar-refractivity contribution in [2.24, 2.45) is 0 Å². The van der Waals surface area contributed by atoms with Gasteiger partial charge in [-0.2, -0.15) is 0 Å². The van der Waals surface area contributed by atoms with E-state index in [0.717, 1.165) is 11.1 Å². The number of carbonyl (C=O) groups is 1. The van der Waals surface area contributed by atoms with Crippen molar-refractivity contribution in [2.45, 2.75) is 39.1 Å². The summed E-state index contributed by atoms with van der Waals surface area (Å²) in [5.41, 5.74) is 1.31. The zero-order chi connectivity index (χ0) is 15.5. The molecule has 0 aromatic heterocycles. The van der Waals surface area contributed by atoms with Crippen molar-refractivity contribution in [3.05, 3.63) is 35.4 Å². The molecule has 5 heteroatoms. The second-order valence-corrected chi connectivity index (χ2v) is 6.19. The molecule has 1 atom stereocenters. The van der Waals surface area contributed by atoms with Gasteiger partial charge in [0, 0.05) is 6.54 Å². The van der Waals surface area contributed by atoms with E-state index in [9.17, 15) is 9.90 Å². The Bertz CT molecular complexity index is 495. The third-order valence-corrected chi connectivity index (χ3v) is 3.22. The lowest BCUT2D eigenvalue weighted by Gasteiger charge is -2.34. The highest BCUT2D eigenvalue weighted by molar-refractivity contribution is 5.68. The number of nitrogens with zero attached hydrogens (tertiary/aromatic N) is 1. The molecule has 5 nitrogen and oxygen atoms in total. The largest absolute Gasteiger partial charge is 0.444 e. The van der Waals surface area contributed by atoms with Crippen molar-refractivity contribution in [3.8, 4) is 0 Å². The number of carbonyl (C=O) groups excluding carboxylic acids is 1. The third kappa shape index (κ3) is 4.44. The molecule has 1 aromatic rings. The van der Waals surface area contributed by atoms with Crippen LogP contribution in [0.15, 0.2) is 24.3 Å². The molecule has 1 aliphatic rings. The highest BCUT2D eigenvalue weighted by atomic mass is 16.6. The average molecular weight is 293 g/mol. The summed E-state index contributed by atoms with van der Waals surface area (Å²) in [4.78, 5) is 13.8. The summed E-state index contributed by atoms with van der Waals surface area (Å²) in [5, 5.41) is 9.20. The fourth-order valence-corrected chi connectivity index (χ4v) is 2.23. The molecule has 1 aliphatic heterocycles. The first-order chi connectivity index (χ1) is 9.89. The van der Waals surface area contributed by atoms with Crippen LogP contribution in [0.5, 0.6) is 0 Å². The molecule has 116 valence electrons. The van der Waals surface area contributed by atoms with Gasteiger partial charge in [-0.05, 0) is 31.9 Å². The Kier molecular flexibility index (Phi) is 4.85. The summed E-state index contributed by atoms with van der Waals surface area (Å²) >= 11 is 0. The Hall–Kier alpha value is -1.59. The molecule has 0 radical (unpaired) electrons. The van der Waals surface area contributed by atoms with Crippen molar-refractivity contribution in [1.82, 2.24) is 4.90 Å². The van der Waals surface area contributed by atoms with Gasteiger partial charge >= 0.3 is 6.09 Å². The molecular formula is C16H23NO4. The van der Waals surface area contributed by atoms with Crippen LogP contribution in [0, 0.1) is 0 Å². The molecule has 21 heavy (non-hydrogen) atoms. The lowest BCUT2D eigenvalue weighted by molar-refractivity contribution is -0.0433.